The van der Waals surface area contributed by atoms with E-state index in [4.69, 9.17) is 9.47 Å². The number of ether oxygens (including phenoxy) is 2. The van der Waals surface area contributed by atoms with Crippen molar-refractivity contribution in [3.05, 3.63) is 47.7 Å². The Kier molecular flexibility index (Phi) is 4.46. The summed E-state index contributed by atoms with van der Waals surface area (Å²) in [4.78, 5) is 0. The third kappa shape index (κ3) is 3.16. The van der Waals surface area contributed by atoms with Crippen LogP contribution in [0.5, 0.6) is 5.75 Å². The van der Waals surface area contributed by atoms with E-state index in [1.165, 1.54) is 11.1 Å². The molecule has 2 heteroatoms. The Morgan fingerprint density at radius 1 is 1.06 bits per heavy atom. The molecule has 0 atom stereocenters. The van der Waals surface area contributed by atoms with E-state index in [9.17, 15) is 0 Å². The van der Waals surface area contributed by atoms with Gasteiger partial charge in [0.25, 0.3) is 0 Å². The van der Waals surface area contributed by atoms with E-state index in [1.807, 2.05) is 12.1 Å². The third-order valence-corrected chi connectivity index (χ3v) is 3.06. The van der Waals surface area contributed by atoms with Crippen molar-refractivity contribution in [3.63, 3.8) is 0 Å². The van der Waals surface area contributed by atoms with Crippen LogP contribution in [0.1, 0.15) is 31.7 Å². The largest absolute Gasteiger partial charge is 0.498 e. The van der Waals surface area contributed by atoms with Gasteiger partial charge in [0.1, 0.15) is 5.75 Å². The van der Waals surface area contributed by atoms with Crippen LogP contribution in [-0.2, 0) is 4.74 Å². The lowest BCUT2D eigenvalue weighted by molar-refractivity contribution is 0.202. The third-order valence-electron chi connectivity index (χ3n) is 3.06. The van der Waals surface area contributed by atoms with Gasteiger partial charge in [-0.15, -0.1) is 0 Å². The Morgan fingerprint density at radius 2 is 1.83 bits per heavy atom. The number of hydrogen-bond donors (Lipinski definition) is 0. The number of benzene rings is 1. The van der Waals surface area contributed by atoms with Crippen molar-refractivity contribution >= 4 is 5.57 Å². The fourth-order valence-electron chi connectivity index (χ4n) is 2.02. The first-order valence-electron chi connectivity index (χ1n) is 6.50. The maximum Gasteiger partial charge on any atom is 0.118 e. The van der Waals surface area contributed by atoms with Crippen LogP contribution in [0, 0.1) is 0 Å². The maximum absolute atomic E-state index is 5.65. The van der Waals surface area contributed by atoms with Gasteiger partial charge in [-0.3, -0.25) is 0 Å². The van der Waals surface area contributed by atoms with Crippen LogP contribution in [0.15, 0.2) is 42.2 Å². The second kappa shape index (κ2) is 6.29. The second-order valence-electron chi connectivity index (χ2n) is 4.40. The van der Waals surface area contributed by atoms with Gasteiger partial charge in [0.2, 0.25) is 0 Å². The molecule has 18 heavy (non-hydrogen) atoms. The summed E-state index contributed by atoms with van der Waals surface area (Å²) in [7, 11) is 1.69. The van der Waals surface area contributed by atoms with E-state index < -0.39 is 0 Å². The molecule has 0 unspecified atom stereocenters. The van der Waals surface area contributed by atoms with Crippen LogP contribution >= 0.6 is 0 Å². The molecule has 96 valence electrons. The highest BCUT2D eigenvalue weighted by molar-refractivity contribution is 5.68. The zero-order valence-electron chi connectivity index (χ0n) is 11.1. The Morgan fingerprint density at radius 3 is 2.39 bits per heavy atom. The molecule has 0 N–H and O–H groups in total. The second-order valence-corrected chi connectivity index (χ2v) is 4.40. The quantitative estimate of drug-likeness (QED) is 0.773. The highest BCUT2D eigenvalue weighted by atomic mass is 16.5. The van der Waals surface area contributed by atoms with Gasteiger partial charge in [0.05, 0.1) is 19.5 Å². The van der Waals surface area contributed by atoms with Crippen LogP contribution in [0.25, 0.3) is 5.57 Å². The lowest BCUT2D eigenvalue weighted by Gasteiger charge is -2.16. The number of allylic oxidation sites excluding steroid dienone is 4. The molecule has 1 aliphatic rings. The molecule has 0 aromatic heterocycles. The molecule has 0 spiro atoms. The molecule has 0 fully saturated rings. The molecule has 0 saturated heterocycles. The standard InChI is InChI=1S/C16H20O2/c1-3-12-18-16-10-6-14(7-11-16)13-4-8-15(17-2)9-5-13/h4-6,8-10H,3,7,11-12H2,1-2H3. The zero-order valence-corrected chi connectivity index (χ0v) is 11.1. The van der Waals surface area contributed by atoms with Crippen LogP contribution in [0.3, 0.4) is 0 Å². The lowest BCUT2D eigenvalue weighted by Crippen LogP contribution is -1.99. The summed E-state index contributed by atoms with van der Waals surface area (Å²) in [6.45, 7) is 2.94. The fraction of sp³-hybridized carbons (Fsp3) is 0.375. The van der Waals surface area contributed by atoms with E-state index in [0.29, 0.717) is 0 Å². The minimum atomic E-state index is 0.817. The van der Waals surface area contributed by atoms with Gasteiger partial charge in [-0.25, -0.2) is 0 Å². The van der Waals surface area contributed by atoms with Crippen molar-refractivity contribution in [3.8, 4) is 5.75 Å². The van der Waals surface area contributed by atoms with E-state index in [1.54, 1.807) is 7.11 Å². The Bertz CT molecular complexity index is 441. The molecule has 0 bridgehead atoms. The minimum absolute atomic E-state index is 0.817. The monoisotopic (exact) mass is 244 g/mol. The molecule has 0 heterocycles. The maximum atomic E-state index is 5.65. The molecule has 0 saturated carbocycles. The highest BCUT2D eigenvalue weighted by Crippen LogP contribution is 2.28. The van der Waals surface area contributed by atoms with Gasteiger partial charge < -0.3 is 9.47 Å². The molecular weight excluding hydrogens is 224 g/mol. The highest BCUT2D eigenvalue weighted by Gasteiger charge is 2.09. The van der Waals surface area contributed by atoms with Gasteiger partial charge >= 0.3 is 0 Å². The van der Waals surface area contributed by atoms with Gasteiger partial charge in [0.15, 0.2) is 0 Å². The molecular formula is C16H20O2. The van der Waals surface area contributed by atoms with E-state index >= 15 is 0 Å². The predicted molar refractivity (Wildman–Crippen MR) is 74.5 cm³/mol. The van der Waals surface area contributed by atoms with Crippen molar-refractivity contribution < 1.29 is 9.47 Å². The van der Waals surface area contributed by atoms with Crippen molar-refractivity contribution in [2.45, 2.75) is 26.2 Å². The number of rotatable bonds is 5. The topological polar surface area (TPSA) is 18.5 Å². The number of hydrogen-bond acceptors (Lipinski definition) is 2. The summed E-state index contributed by atoms with van der Waals surface area (Å²) in [6.07, 6.45) is 7.36. The Labute approximate surface area is 109 Å². The molecule has 2 nitrogen and oxygen atoms in total. The molecule has 1 aromatic carbocycles. The SMILES string of the molecule is CCCOC1=CC=C(c2ccc(OC)cc2)CC1. The summed E-state index contributed by atoms with van der Waals surface area (Å²) in [5.74, 6) is 2.01. The summed E-state index contributed by atoms with van der Waals surface area (Å²) in [5.41, 5.74) is 2.63. The van der Waals surface area contributed by atoms with Gasteiger partial charge in [-0.1, -0.05) is 25.1 Å². The molecule has 1 aromatic rings. The average molecular weight is 244 g/mol. The van der Waals surface area contributed by atoms with Crippen molar-refractivity contribution in [1.29, 1.82) is 0 Å². The van der Waals surface area contributed by atoms with Gasteiger partial charge in [0, 0.05) is 6.42 Å². The predicted octanol–water partition coefficient (Wildman–Crippen LogP) is 4.18. The minimum Gasteiger partial charge on any atom is -0.498 e. The number of methoxy groups -OCH3 is 1. The fourth-order valence-corrected chi connectivity index (χ4v) is 2.02. The summed E-state index contributed by atoms with van der Waals surface area (Å²) < 4.78 is 10.8. The van der Waals surface area contributed by atoms with Gasteiger partial charge in [-0.05, 0) is 42.2 Å². The Hall–Kier alpha value is -1.70. The first kappa shape index (κ1) is 12.7. The van der Waals surface area contributed by atoms with Crippen LogP contribution < -0.4 is 4.74 Å². The zero-order chi connectivity index (χ0) is 12.8. The first-order valence-corrected chi connectivity index (χ1v) is 6.50. The van der Waals surface area contributed by atoms with Crippen molar-refractivity contribution in [1.82, 2.24) is 0 Å². The molecule has 0 amide bonds. The van der Waals surface area contributed by atoms with Crippen molar-refractivity contribution in [2.24, 2.45) is 0 Å². The molecule has 0 radical (unpaired) electrons. The van der Waals surface area contributed by atoms with Crippen LogP contribution in [0.2, 0.25) is 0 Å². The first-order chi connectivity index (χ1) is 8.83. The van der Waals surface area contributed by atoms with Gasteiger partial charge in [-0.2, -0.15) is 0 Å². The summed E-state index contributed by atoms with van der Waals surface area (Å²) in [5, 5.41) is 0. The molecule has 0 aliphatic heterocycles. The smallest absolute Gasteiger partial charge is 0.118 e. The normalized spacial score (nSPS) is 14.8. The average Bonchev–Trinajstić information content (AvgIpc) is 2.46. The molecule has 2 rings (SSSR count). The van der Waals surface area contributed by atoms with Crippen molar-refractivity contribution in [2.75, 3.05) is 13.7 Å². The van der Waals surface area contributed by atoms with Crippen LogP contribution in [-0.4, -0.2) is 13.7 Å². The van der Waals surface area contributed by atoms with E-state index in [0.717, 1.165) is 37.4 Å². The van der Waals surface area contributed by atoms with Crippen LogP contribution in [0.4, 0.5) is 0 Å². The molecule has 1 aliphatic carbocycles. The summed E-state index contributed by atoms with van der Waals surface area (Å²) in [6, 6.07) is 8.22. The van der Waals surface area contributed by atoms with E-state index in [2.05, 4.69) is 31.2 Å². The summed E-state index contributed by atoms with van der Waals surface area (Å²) >= 11 is 0. The Balaban J connectivity index is 2.05. The van der Waals surface area contributed by atoms with E-state index in [-0.39, 0.29) is 0 Å². The lowest BCUT2D eigenvalue weighted by atomic mass is 9.96.